The summed E-state index contributed by atoms with van der Waals surface area (Å²) < 4.78 is 13.8. The Labute approximate surface area is 202 Å². The Morgan fingerprint density at radius 2 is 2.15 bits per heavy atom. The quantitative estimate of drug-likeness (QED) is 0.232. The van der Waals surface area contributed by atoms with Crippen LogP contribution in [0.5, 0.6) is 11.5 Å². The van der Waals surface area contributed by atoms with Crippen molar-refractivity contribution in [1.82, 2.24) is 24.7 Å². The first kappa shape index (κ1) is 22.4. The van der Waals surface area contributed by atoms with E-state index in [0.717, 1.165) is 0 Å². The summed E-state index contributed by atoms with van der Waals surface area (Å²) in [5.41, 5.74) is 0.425. The molecule has 0 bridgehead atoms. The van der Waals surface area contributed by atoms with E-state index in [1.54, 1.807) is 13.0 Å². The predicted octanol–water partition coefficient (Wildman–Crippen LogP) is 4.08. The Balaban J connectivity index is 1.40. The summed E-state index contributed by atoms with van der Waals surface area (Å²) >= 11 is 2.64. The van der Waals surface area contributed by atoms with Gasteiger partial charge in [-0.15, -0.1) is 28.1 Å². The van der Waals surface area contributed by atoms with Gasteiger partial charge in [-0.1, -0.05) is 30.0 Å². The van der Waals surface area contributed by atoms with E-state index in [1.807, 2.05) is 28.8 Å². The van der Waals surface area contributed by atoms with Gasteiger partial charge in [-0.2, -0.15) is 0 Å². The van der Waals surface area contributed by atoms with E-state index in [2.05, 4.69) is 26.7 Å². The largest absolute Gasteiger partial charge is 0.485 e. The number of benzene rings is 1. The van der Waals surface area contributed by atoms with Gasteiger partial charge in [0, 0.05) is 6.54 Å². The number of nitrogens with one attached hydrogen (secondary N) is 1. The van der Waals surface area contributed by atoms with E-state index >= 15 is 0 Å². The van der Waals surface area contributed by atoms with Crippen LogP contribution in [0.3, 0.4) is 0 Å². The van der Waals surface area contributed by atoms with Crippen LogP contribution < -0.4 is 15.0 Å². The molecule has 1 aromatic carbocycles. The van der Waals surface area contributed by atoms with Gasteiger partial charge in [0.05, 0.1) is 16.0 Å². The zero-order chi connectivity index (χ0) is 23.8. The zero-order valence-corrected chi connectivity index (χ0v) is 20.2. The number of H-pyrrole nitrogens is 1. The van der Waals surface area contributed by atoms with Crippen LogP contribution in [-0.2, 0) is 12.3 Å². The van der Waals surface area contributed by atoms with Crippen molar-refractivity contribution in [3.05, 3.63) is 69.4 Å². The van der Waals surface area contributed by atoms with Gasteiger partial charge in [-0.25, -0.2) is 4.98 Å². The molecule has 0 unspecified atom stereocenters. The van der Waals surface area contributed by atoms with Crippen molar-refractivity contribution in [3.63, 3.8) is 0 Å². The molecule has 0 spiro atoms. The highest BCUT2D eigenvalue weighted by molar-refractivity contribution is 7.98. The number of nitrogens with zero attached hydrogens (tertiary/aromatic N) is 4. The smallest absolute Gasteiger partial charge is 0.259 e. The molecular weight excluding hydrogens is 474 g/mol. The number of allylic oxidation sites excluding steroid dienone is 1. The molecule has 0 saturated heterocycles. The Morgan fingerprint density at radius 3 is 2.91 bits per heavy atom. The molecule has 0 radical (unpaired) electrons. The second kappa shape index (κ2) is 9.07. The van der Waals surface area contributed by atoms with Crippen molar-refractivity contribution in [2.45, 2.75) is 37.4 Å². The minimum absolute atomic E-state index is 0.0718. The molecule has 0 saturated carbocycles. The Morgan fingerprint density at radius 1 is 1.35 bits per heavy atom. The number of aromatic amines is 1. The molecule has 0 amide bonds. The first-order valence-corrected chi connectivity index (χ1v) is 12.3. The van der Waals surface area contributed by atoms with Crippen molar-refractivity contribution >= 4 is 39.1 Å². The number of rotatable bonds is 7. The van der Waals surface area contributed by atoms with Crippen LogP contribution in [0.25, 0.3) is 10.2 Å². The average Bonchev–Trinajstić information content (AvgIpc) is 3.38. The molecule has 174 valence electrons. The van der Waals surface area contributed by atoms with Crippen LogP contribution in [0.2, 0.25) is 0 Å². The molecule has 3 aromatic heterocycles. The number of fused-ring (bicyclic) bond motifs is 2. The van der Waals surface area contributed by atoms with Crippen molar-refractivity contribution in [1.29, 1.82) is 0 Å². The van der Waals surface area contributed by atoms with Crippen LogP contribution in [0.15, 0.2) is 46.9 Å². The minimum atomic E-state index is -0.412. The highest BCUT2D eigenvalue weighted by atomic mass is 32.2. The van der Waals surface area contributed by atoms with Gasteiger partial charge >= 0.3 is 0 Å². The van der Waals surface area contributed by atoms with Gasteiger partial charge in [0.1, 0.15) is 17.3 Å². The summed E-state index contributed by atoms with van der Waals surface area (Å²) in [5.74, 6) is 2.79. The van der Waals surface area contributed by atoms with Crippen LogP contribution >= 0.6 is 23.1 Å². The number of aryl methyl sites for hydroxylation is 1. The summed E-state index contributed by atoms with van der Waals surface area (Å²) in [6.45, 7) is 7.92. The van der Waals surface area contributed by atoms with E-state index < -0.39 is 6.10 Å². The van der Waals surface area contributed by atoms with Gasteiger partial charge in [0.25, 0.3) is 5.56 Å². The third-order valence-electron chi connectivity index (χ3n) is 5.36. The monoisotopic (exact) mass is 495 g/mol. The zero-order valence-electron chi connectivity index (χ0n) is 18.5. The fourth-order valence-corrected chi connectivity index (χ4v) is 5.74. The third-order valence-corrected chi connectivity index (χ3v) is 7.63. The Hall–Kier alpha value is -3.44. The van der Waals surface area contributed by atoms with Gasteiger partial charge in [-0.3, -0.25) is 14.2 Å². The Kier molecular flexibility index (Phi) is 5.96. The van der Waals surface area contributed by atoms with E-state index in [9.17, 15) is 9.59 Å². The number of hydrogen-bond donors (Lipinski definition) is 1. The maximum absolute atomic E-state index is 12.7. The van der Waals surface area contributed by atoms with E-state index in [4.69, 9.17) is 9.47 Å². The van der Waals surface area contributed by atoms with Gasteiger partial charge in [-0.05, 0) is 31.5 Å². The minimum Gasteiger partial charge on any atom is -0.485 e. The lowest BCUT2D eigenvalue weighted by Gasteiger charge is -2.26. The first-order valence-electron chi connectivity index (χ1n) is 10.5. The van der Waals surface area contributed by atoms with Crippen molar-refractivity contribution in [2.24, 2.45) is 0 Å². The summed E-state index contributed by atoms with van der Waals surface area (Å²) in [6, 6.07) is 7.50. The fourth-order valence-electron chi connectivity index (χ4n) is 3.82. The lowest BCUT2D eigenvalue weighted by molar-refractivity contribution is 0.0821. The molecule has 4 heterocycles. The molecule has 5 rings (SSSR count). The van der Waals surface area contributed by atoms with Crippen molar-refractivity contribution in [2.75, 3.05) is 6.61 Å². The van der Waals surface area contributed by atoms with E-state index in [0.29, 0.717) is 67.9 Å². The molecule has 0 aliphatic carbocycles. The summed E-state index contributed by atoms with van der Waals surface area (Å²) in [7, 11) is 0. The van der Waals surface area contributed by atoms with E-state index in [1.165, 1.54) is 30.0 Å². The van der Waals surface area contributed by atoms with E-state index in [-0.39, 0.29) is 11.3 Å². The topological polar surface area (TPSA) is 112 Å². The highest BCUT2D eigenvalue weighted by Crippen LogP contribution is 2.36. The third kappa shape index (κ3) is 4.01. The van der Waals surface area contributed by atoms with Gasteiger partial charge in [0.15, 0.2) is 34.4 Å². The number of ketones is 1. The SMILES string of the molecule is C=CCn1c(SCc2nc3sc(C(C)=O)c(C)c3c(=O)[nH]2)nnc1[C@@H]1COc2ccccc2O1. The molecule has 1 atom stereocenters. The number of para-hydroxylation sites is 2. The predicted molar refractivity (Wildman–Crippen MR) is 130 cm³/mol. The number of thiophene rings is 1. The average molecular weight is 496 g/mol. The molecule has 0 fully saturated rings. The molecule has 4 aromatic rings. The van der Waals surface area contributed by atoms with Crippen molar-refractivity contribution < 1.29 is 14.3 Å². The second-order valence-corrected chi connectivity index (χ2v) is 9.64. The number of carbonyl (C=O) groups excluding carboxylic acids is 1. The maximum Gasteiger partial charge on any atom is 0.259 e. The summed E-state index contributed by atoms with van der Waals surface area (Å²) in [5, 5.41) is 9.81. The normalized spacial score (nSPS) is 14.9. The molecule has 1 aliphatic heterocycles. The van der Waals surface area contributed by atoms with Crippen LogP contribution in [-0.4, -0.2) is 37.1 Å². The summed E-state index contributed by atoms with van der Waals surface area (Å²) in [6.07, 6.45) is 1.35. The van der Waals surface area contributed by atoms with Crippen molar-refractivity contribution in [3.8, 4) is 11.5 Å². The molecular formula is C23H21N5O4S2. The lowest BCUT2D eigenvalue weighted by Crippen LogP contribution is -2.25. The number of aromatic nitrogens is 5. The molecule has 34 heavy (non-hydrogen) atoms. The number of hydrogen-bond acceptors (Lipinski definition) is 9. The fraction of sp³-hybridized carbons (Fsp3) is 0.261. The van der Waals surface area contributed by atoms with Crippen LogP contribution in [0, 0.1) is 6.92 Å². The number of carbonyl (C=O) groups is 1. The van der Waals surface area contributed by atoms with Crippen LogP contribution in [0.4, 0.5) is 0 Å². The standard InChI is InChI=1S/C23H21N5O4S2/c1-4-9-28-20(16-10-31-14-7-5-6-8-15(14)32-16)26-27-23(28)33-11-17-24-21(30)18-12(2)19(13(3)29)34-22(18)25-17/h4-8,16H,1,9-11H2,2-3H3,(H,24,25,30)/t16-/m0/s1. The number of ether oxygens (including phenoxy) is 2. The lowest BCUT2D eigenvalue weighted by atomic mass is 10.2. The maximum atomic E-state index is 12.7. The molecule has 11 heteroatoms. The molecule has 1 aliphatic rings. The van der Waals surface area contributed by atoms with Gasteiger partial charge < -0.3 is 14.5 Å². The Bertz CT molecular complexity index is 1470. The summed E-state index contributed by atoms with van der Waals surface area (Å²) in [4.78, 5) is 33.1. The van der Waals surface area contributed by atoms with Gasteiger partial charge in [0.2, 0.25) is 0 Å². The molecule has 1 N–H and O–H groups in total. The first-order chi connectivity index (χ1) is 16.5. The number of thioether (sulfide) groups is 1. The number of Topliss-reactive ketones (excluding diaryl/α,β-unsaturated/α-hetero) is 1. The molecule has 9 nitrogen and oxygen atoms in total. The van der Waals surface area contributed by atoms with Crippen LogP contribution in [0.1, 0.15) is 39.9 Å². The second-order valence-electron chi connectivity index (χ2n) is 7.70. The highest BCUT2D eigenvalue weighted by Gasteiger charge is 2.28.